The van der Waals surface area contributed by atoms with Crippen LogP contribution in [0.3, 0.4) is 0 Å². The summed E-state index contributed by atoms with van der Waals surface area (Å²) in [6.07, 6.45) is 0. The van der Waals surface area contributed by atoms with E-state index in [0.29, 0.717) is 0 Å². The molecule has 0 aliphatic rings. The average Bonchev–Trinajstić information content (AvgIpc) is 2.33. The van der Waals surface area contributed by atoms with Crippen molar-refractivity contribution in [3.63, 3.8) is 0 Å². The van der Waals surface area contributed by atoms with Crippen LogP contribution in [0.1, 0.15) is 2.85 Å². The fourth-order valence-corrected chi connectivity index (χ4v) is 0. The van der Waals surface area contributed by atoms with Gasteiger partial charge in [0.15, 0.2) is 0 Å². The summed E-state index contributed by atoms with van der Waals surface area (Å²) >= 11 is 0. The van der Waals surface area contributed by atoms with Crippen LogP contribution >= 0.6 is 0 Å². The first-order chi connectivity index (χ1) is 6.00. The molecule has 0 saturated heterocycles. The number of nitrogens with zero attached hydrogens (tertiary/aromatic N) is 6. The molecule has 0 bridgehead atoms. The van der Waals surface area contributed by atoms with Crippen LogP contribution in [0.5, 0.6) is 0 Å². The van der Waals surface area contributed by atoms with E-state index in [9.17, 15) is 0 Å². The molecule has 0 heterocycles. The summed E-state index contributed by atoms with van der Waals surface area (Å²) < 4.78 is 0. The Labute approximate surface area is 221 Å². The monoisotopic (exact) mass is 408 g/mol. The molecule has 0 aromatic heterocycles. The predicted octanol–water partition coefficient (Wildman–Crippen LogP) is -5.20. The van der Waals surface area contributed by atoms with Crippen molar-refractivity contribution in [3.05, 3.63) is 39.4 Å². The molecule has 0 aromatic carbocycles. The van der Waals surface area contributed by atoms with Gasteiger partial charge in [0.2, 0.25) is 0 Å². The quantitative estimate of drug-likeness (QED) is 0.289. The molecule has 11 heteroatoms. The van der Waals surface area contributed by atoms with E-state index in [2.05, 4.69) is 0 Å². The van der Waals surface area contributed by atoms with Crippen LogP contribution in [-0.4, -0.2) is 0 Å². The summed E-state index contributed by atoms with van der Waals surface area (Å²) in [6, 6.07) is 0. The maximum Gasteiger partial charge on any atom is 2.00 e. The molecule has 0 fully saturated rings. The third-order valence-corrected chi connectivity index (χ3v) is 0. The smallest absolute Gasteiger partial charge is 1.00 e. The maximum absolute atomic E-state index is 6.25. The predicted molar refractivity (Wildman–Crippen MR) is 32.0 cm³/mol. The molecule has 0 radical (unpaired) electrons. The van der Waals surface area contributed by atoms with Crippen molar-refractivity contribution < 1.29 is 156 Å². The minimum absolute atomic E-state index is 0. The summed E-state index contributed by atoms with van der Waals surface area (Å²) in [5.41, 5.74) is 0. The molecular formula is C6H2FeK2N6Ni2. The van der Waals surface area contributed by atoms with Gasteiger partial charge in [0.05, 0.1) is 0 Å². The van der Waals surface area contributed by atoms with E-state index in [-0.39, 0.29) is 156 Å². The van der Waals surface area contributed by atoms with Crippen LogP contribution in [0.2, 0.25) is 0 Å². The number of hydrogen-bond donors (Lipinski definition) is 0. The van der Waals surface area contributed by atoms with E-state index in [1.165, 1.54) is 0 Å². The normalized spacial score (nSPS) is 0.706. The van der Waals surface area contributed by atoms with Gasteiger partial charge in [-0.2, -0.15) is 0 Å². The van der Waals surface area contributed by atoms with Crippen LogP contribution in [-0.2, 0) is 50.1 Å². The van der Waals surface area contributed by atoms with Crippen molar-refractivity contribution in [2.24, 2.45) is 0 Å². The van der Waals surface area contributed by atoms with Gasteiger partial charge in [0.1, 0.15) is 0 Å². The molecular weight excluding hydrogens is 408 g/mol. The van der Waals surface area contributed by atoms with Crippen molar-refractivity contribution in [3.8, 4) is 0 Å². The van der Waals surface area contributed by atoms with Crippen molar-refractivity contribution in [2.75, 3.05) is 0 Å². The summed E-state index contributed by atoms with van der Waals surface area (Å²) in [6.45, 7) is 28.5. The molecule has 0 amide bonds. The average molecular weight is 410 g/mol. The first-order valence-electron chi connectivity index (χ1n) is 1.34. The zero-order chi connectivity index (χ0) is 12.0. The van der Waals surface area contributed by atoms with Crippen LogP contribution in [0.15, 0.2) is 0 Å². The summed E-state index contributed by atoms with van der Waals surface area (Å²) in [7, 11) is 0. The van der Waals surface area contributed by atoms with E-state index >= 15 is 0 Å². The Morgan fingerprint density at radius 1 is 0.412 bits per heavy atom. The molecule has 17 heavy (non-hydrogen) atoms. The van der Waals surface area contributed by atoms with Gasteiger partial charge in [-0.3, -0.25) is 0 Å². The SMILES string of the molecule is [C-]#N.[C-]#N.[C-]#N.[C-]#N.[C-]#N.[C-]#N.[Fe+2].[H-].[H-].[K+].[K+].[Ni+2].[Ni+2]. The Kier molecular flexibility index (Phi) is 9720. The van der Waals surface area contributed by atoms with Crippen LogP contribution < -0.4 is 103 Å². The minimum Gasteiger partial charge on any atom is -1.00 e. The number of hydrogen-bond acceptors (Lipinski definition) is 6. The van der Waals surface area contributed by atoms with Gasteiger partial charge in [-0.1, -0.05) is 0 Å². The third kappa shape index (κ3) is 1480. The second kappa shape index (κ2) is 1680. The summed E-state index contributed by atoms with van der Waals surface area (Å²) in [4.78, 5) is 0. The van der Waals surface area contributed by atoms with Crippen LogP contribution in [0.4, 0.5) is 0 Å². The fourth-order valence-electron chi connectivity index (χ4n) is 0. The zero-order valence-corrected chi connectivity index (χ0v) is 18.0. The molecule has 0 unspecified atom stereocenters. The van der Waals surface area contributed by atoms with E-state index in [4.69, 9.17) is 71.0 Å². The van der Waals surface area contributed by atoms with Gasteiger partial charge in [-0.15, -0.1) is 0 Å². The summed E-state index contributed by atoms with van der Waals surface area (Å²) in [5, 5.41) is 37.5. The van der Waals surface area contributed by atoms with Gasteiger partial charge >= 0.3 is 153 Å². The summed E-state index contributed by atoms with van der Waals surface area (Å²) in [5.74, 6) is 0. The van der Waals surface area contributed by atoms with E-state index < -0.39 is 0 Å². The molecule has 0 rings (SSSR count). The molecule has 0 saturated carbocycles. The standard InChI is InChI=1S/6CN.Fe.2K.2Ni.2H/c6*1-2;;;;;;;/q6*-1;+2;2*+1;2*+2;2*-1. The molecule has 0 atom stereocenters. The second-order valence-corrected chi connectivity index (χ2v) is 0. The van der Waals surface area contributed by atoms with Crippen molar-refractivity contribution in [2.45, 2.75) is 0 Å². The fraction of sp³-hybridized carbons (Fsp3) is 0. The van der Waals surface area contributed by atoms with E-state index in [0.717, 1.165) is 0 Å². The van der Waals surface area contributed by atoms with Gasteiger partial charge in [-0.05, 0) is 0 Å². The first kappa shape index (κ1) is 98.6. The molecule has 0 aromatic rings. The molecule has 0 aliphatic heterocycles. The van der Waals surface area contributed by atoms with Crippen molar-refractivity contribution >= 4 is 0 Å². The minimum atomic E-state index is 0. The molecule has 0 aliphatic carbocycles. The Bertz CT molecular complexity index is 119. The maximum atomic E-state index is 6.25. The third-order valence-electron chi connectivity index (χ3n) is 0. The molecule has 6 nitrogen and oxygen atoms in total. The van der Waals surface area contributed by atoms with Gasteiger partial charge in [-0.25, -0.2) is 0 Å². The number of rotatable bonds is 0. The molecule has 86 valence electrons. The Balaban J connectivity index is -0.00000000193. The largest absolute Gasteiger partial charge is 2.00 e. The van der Waals surface area contributed by atoms with Gasteiger partial charge in [0, 0.05) is 0 Å². The Morgan fingerprint density at radius 2 is 0.412 bits per heavy atom. The Morgan fingerprint density at radius 3 is 0.412 bits per heavy atom. The van der Waals surface area contributed by atoms with Crippen LogP contribution in [0.25, 0.3) is 0 Å². The van der Waals surface area contributed by atoms with E-state index in [1.807, 2.05) is 0 Å². The first-order valence-corrected chi connectivity index (χ1v) is 1.34. The molecule has 0 N–H and O–H groups in total. The Hall–Kier alpha value is 1.72. The van der Waals surface area contributed by atoms with Crippen molar-refractivity contribution in [1.82, 2.24) is 0 Å². The van der Waals surface area contributed by atoms with E-state index in [1.54, 1.807) is 0 Å². The van der Waals surface area contributed by atoms with Crippen molar-refractivity contribution in [1.29, 1.82) is 31.6 Å². The van der Waals surface area contributed by atoms with Gasteiger partial charge in [0.25, 0.3) is 0 Å². The van der Waals surface area contributed by atoms with Gasteiger partial charge < -0.3 is 73.9 Å². The zero-order valence-electron chi connectivity index (χ0n) is 10.7. The van der Waals surface area contributed by atoms with Crippen LogP contribution in [0, 0.1) is 71.0 Å². The topological polar surface area (TPSA) is 143 Å². The second-order valence-electron chi connectivity index (χ2n) is 0. The molecule has 0 spiro atoms.